The smallest absolute Gasteiger partial charge is 0.329 e. The molecule has 3 heterocycles. The van der Waals surface area contributed by atoms with Crippen molar-refractivity contribution in [3.8, 4) is 0 Å². The quantitative estimate of drug-likeness (QED) is 0.102. The van der Waals surface area contributed by atoms with E-state index in [1.807, 2.05) is 64.2 Å². The van der Waals surface area contributed by atoms with E-state index in [2.05, 4.69) is 6.92 Å². The maximum absolute atomic E-state index is 14.5. The number of allylic oxidation sites excluding steroid dienone is 6. The average molecular weight is 976 g/mol. The second-order valence-corrected chi connectivity index (χ2v) is 23.7. The van der Waals surface area contributed by atoms with E-state index in [4.69, 9.17) is 28.2 Å². The van der Waals surface area contributed by atoms with E-state index in [-0.39, 0.29) is 54.1 Å². The van der Waals surface area contributed by atoms with Crippen molar-refractivity contribution in [2.24, 2.45) is 35.5 Å². The average Bonchev–Trinajstić information content (AvgIpc) is 3.29. The molecule has 0 spiro atoms. The van der Waals surface area contributed by atoms with Gasteiger partial charge in [-0.25, -0.2) is 4.79 Å². The largest absolute Gasteiger partial charge is 0.461 e. The van der Waals surface area contributed by atoms with Crippen LogP contribution in [0.2, 0.25) is 0 Å². The number of ether oxygens (including phenoxy) is 5. The number of hydrogen-bond donors (Lipinski definition) is 2. The number of aliphatic hydroxyl groups excluding tert-OH is 1. The van der Waals surface area contributed by atoms with Crippen LogP contribution in [0, 0.1) is 35.5 Å². The van der Waals surface area contributed by atoms with Crippen LogP contribution in [-0.2, 0) is 52.0 Å². The zero-order valence-corrected chi connectivity index (χ0v) is 44.1. The van der Waals surface area contributed by atoms with Crippen LogP contribution in [0.15, 0.2) is 47.6 Å². The van der Waals surface area contributed by atoms with Crippen LogP contribution in [0.5, 0.6) is 0 Å². The molecular formula is C53H86NO13P. The number of rotatable bonds is 8. The van der Waals surface area contributed by atoms with E-state index in [1.54, 1.807) is 41.4 Å². The van der Waals surface area contributed by atoms with Crippen molar-refractivity contribution in [1.82, 2.24) is 4.90 Å². The number of nitrogens with zero attached hydrogens (tertiary/aromatic N) is 1. The lowest BCUT2D eigenvalue weighted by Crippen LogP contribution is -2.61. The topological polar surface area (TPSA) is 184 Å². The molecule has 15 heteroatoms. The molecule has 2 saturated heterocycles. The van der Waals surface area contributed by atoms with Gasteiger partial charge >= 0.3 is 5.97 Å². The molecule has 386 valence electrons. The summed E-state index contributed by atoms with van der Waals surface area (Å²) in [5.74, 6) is -6.23. The first-order valence-corrected chi connectivity index (χ1v) is 27.7. The minimum atomic E-state index is -2.75. The summed E-state index contributed by atoms with van der Waals surface area (Å²) in [5.41, 5.74) is 1.50. The number of ketones is 2. The molecule has 3 fully saturated rings. The zero-order valence-electron chi connectivity index (χ0n) is 43.2. The minimum absolute atomic E-state index is 0.0602. The number of aliphatic hydroxyl groups is 2. The maximum Gasteiger partial charge on any atom is 0.329 e. The number of fused-ring (bicyclic) bond motifs is 3. The van der Waals surface area contributed by atoms with Gasteiger partial charge < -0.3 is 43.3 Å². The van der Waals surface area contributed by atoms with E-state index in [9.17, 15) is 34.0 Å². The molecule has 1 unspecified atom stereocenters. The van der Waals surface area contributed by atoms with Crippen molar-refractivity contribution in [3.63, 3.8) is 0 Å². The fourth-order valence-corrected chi connectivity index (χ4v) is 11.6. The summed E-state index contributed by atoms with van der Waals surface area (Å²) < 4.78 is 48.5. The Labute approximate surface area is 407 Å². The number of piperidine rings is 1. The number of esters is 1. The van der Waals surface area contributed by atoms with Crippen molar-refractivity contribution < 1.29 is 62.2 Å². The molecule has 4 rings (SSSR count). The Morgan fingerprint density at radius 2 is 1.54 bits per heavy atom. The van der Waals surface area contributed by atoms with Crippen molar-refractivity contribution in [2.75, 3.05) is 41.2 Å². The van der Waals surface area contributed by atoms with E-state index in [0.29, 0.717) is 82.6 Å². The van der Waals surface area contributed by atoms with E-state index >= 15 is 0 Å². The Balaban J connectivity index is 1.67. The molecular weight excluding hydrogens is 890 g/mol. The van der Waals surface area contributed by atoms with Gasteiger partial charge in [0.05, 0.1) is 24.4 Å². The number of carbonyl (C=O) groups excluding carboxylic acids is 4. The highest BCUT2D eigenvalue weighted by molar-refractivity contribution is 7.57. The summed E-state index contributed by atoms with van der Waals surface area (Å²) in [6, 6.07) is -1.04. The fourth-order valence-electron chi connectivity index (χ4n) is 10.7. The molecule has 0 radical (unpaired) electrons. The third kappa shape index (κ3) is 16.1. The molecule has 0 aromatic heterocycles. The zero-order chi connectivity index (χ0) is 50.5. The van der Waals surface area contributed by atoms with Gasteiger partial charge in [-0.05, 0) is 126 Å². The van der Waals surface area contributed by atoms with Crippen molar-refractivity contribution >= 4 is 30.8 Å². The lowest BCUT2D eigenvalue weighted by Gasteiger charge is -2.42. The first-order valence-electron chi connectivity index (χ1n) is 25.2. The second kappa shape index (κ2) is 26.6. The van der Waals surface area contributed by atoms with Gasteiger partial charge in [0.25, 0.3) is 11.7 Å². The number of cyclic esters (lactones) is 1. The molecule has 68 heavy (non-hydrogen) atoms. The predicted octanol–water partition coefficient (Wildman–Crippen LogP) is 8.56. The summed E-state index contributed by atoms with van der Waals surface area (Å²) in [4.78, 5) is 58.1. The van der Waals surface area contributed by atoms with Gasteiger partial charge in [0, 0.05) is 59.5 Å². The van der Waals surface area contributed by atoms with E-state index in [0.717, 1.165) is 12.0 Å². The summed E-state index contributed by atoms with van der Waals surface area (Å²) in [6.07, 6.45) is 14.7. The molecule has 1 saturated carbocycles. The number of amides is 1. The van der Waals surface area contributed by atoms with Gasteiger partial charge in [-0.1, -0.05) is 71.1 Å². The Hall–Kier alpha value is -2.81. The lowest BCUT2D eigenvalue weighted by atomic mass is 9.78. The summed E-state index contributed by atoms with van der Waals surface area (Å²) in [6.45, 7) is 16.8. The summed E-state index contributed by atoms with van der Waals surface area (Å²) >= 11 is 0. The monoisotopic (exact) mass is 976 g/mol. The van der Waals surface area contributed by atoms with Crippen LogP contribution in [0.1, 0.15) is 132 Å². The molecule has 4 aliphatic rings. The van der Waals surface area contributed by atoms with Crippen molar-refractivity contribution in [2.45, 2.75) is 186 Å². The van der Waals surface area contributed by atoms with Gasteiger partial charge in [-0.2, -0.15) is 0 Å². The Kier molecular flexibility index (Phi) is 22.6. The van der Waals surface area contributed by atoms with Crippen LogP contribution in [0.25, 0.3) is 0 Å². The van der Waals surface area contributed by atoms with Gasteiger partial charge in [-0.3, -0.25) is 18.9 Å². The highest BCUT2D eigenvalue weighted by Gasteiger charge is 2.53. The Morgan fingerprint density at radius 3 is 2.21 bits per heavy atom. The van der Waals surface area contributed by atoms with Gasteiger partial charge in [0.15, 0.2) is 13.2 Å². The van der Waals surface area contributed by atoms with Crippen LogP contribution in [0.4, 0.5) is 0 Å². The molecule has 2 bridgehead atoms. The van der Waals surface area contributed by atoms with Gasteiger partial charge in [0.1, 0.15) is 24.4 Å². The summed E-state index contributed by atoms with van der Waals surface area (Å²) in [7, 11) is 1.93. The molecule has 0 aromatic carbocycles. The molecule has 1 amide bonds. The molecule has 3 aliphatic heterocycles. The van der Waals surface area contributed by atoms with Gasteiger partial charge in [0.2, 0.25) is 5.79 Å². The first kappa shape index (κ1) is 57.8. The van der Waals surface area contributed by atoms with Crippen LogP contribution >= 0.6 is 7.37 Å². The standard InChI is InChI=1S/C53H86NO13P/c1-33-18-14-13-15-19-35(3)45(62-8)32-41-24-22-39(7)53(60,66-41)50(57)51(58)54-27-17-16-20-42(54)52(59)65-43(36(4)30-40-23-26-44(46(31-40)63-9)67-68(11,12)61)25-21-34(2)29-38(6)48(56)49(64-10)47(55)37(5)28-33/h13-15,18-19,29,33-34,36-37,39-46,48-49,56,60H,16-17,20-28,30-32H2,1-12H3/b15-13+,18-14+,35-19+,38-29+/t33-,34+,36-,37-,39-,40+,41+,42+,43+,44-,45+,46-,48-,49+,53?/m1/s1. The van der Waals surface area contributed by atoms with Crippen LogP contribution in [0.3, 0.4) is 0 Å². The van der Waals surface area contributed by atoms with Crippen LogP contribution in [-0.4, -0.2) is 134 Å². The highest BCUT2D eigenvalue weighted by atomic mass is 31.2. The van der Waals surface area contributed by atoms with Crippen molar-refractivity contribution in [1.29, 1.82) is 0 Å². The first-order chi connectivity index (χ1) is 32.0. The number of methoxy groups -OCH3 is 3. The minimum Gasteiger partial charge on any atom is -0.461 e. The number of hydrogen-bond acceptors (Lipinski definition) is 13. The van der Waals surface area contributed by atoms with Gasteiger partial charge in [-0.15, -0.1) is 0 Å². The van der Waals surface area contributed by atoms with Crippen molar-refractivity contribution in [3.05, 3.63) is 47.6 Å². The van der Waals surface area contributed by atoms with E-state index in [1.165, 1.54) is 12.0 Å². The SMILES string of the molecule is CO[C@H]1C[C@@H]2CC[C@@H](C)C(O)(O2)C(=O)C(=O)N2CCCC[C@H]2C(=O)O[C@H]([C@H](C)C[C@@H]2CC[C@@H](OP(C)(C)=O)[C@H](OC)C2)CC[C@H](C)/C=C(\C)[C@@H](O)[C@@H](OC)C(=O)[C@H](C)C[C@H](C)/C=C/C=C/C=C/1C. The van der Waals surface area contributed by atoms with Crippen LogP contribution < -0.4 is 0 Å². The normalized spacial score (nSPS) is 39.4. The lowest BCUT2D eigenvalue weighted by molar-refractivity contribution is -0.265. The third-order valence-electron chi connectivity index (χ3n) is 14.9. The summed E-state index contributed by atoms with van der Waals surface area (Å²) in [5, 5.41) is 23.5. The third-order valence-corrected chi connectivity index (χ3v) is 15.7. The highest BCUT2D eigenvalue weighted by Crippen LogP contribution is 2.45. The molecule has 14 nitrogen and oxygen atoms in total. The Morgan fingerprint density at radius 1 is 0.824 bits per heavy atom. The maximum atomic E-state index is 14.5. The Bertz CT molecular complexity index is 1860. The molecule has 2 N–H and O–H groups in total. The number of carbonyl (C=O) groups is 4. The van der Waals surface area contributed by atoms with E-state index < -0.39 is 73.3 Å². The molecule has 15 atom stereocenters. The number of Topliss-reactive ketones (excluding diaryl/α,β-unsaturated/α-hetero) is 2. The second-order valence-electron chi connectivity index (χ2n) is 21.0. The molecule has 1 aliphatic carbocycles. The molecule has 0 aromatic rings. The predicted molar refractivity (Wildman–Crippen MR) is 263 cm³/mol. The fraction of sp³-hybridized carbons (Fsp3) is 0.774.